The third-order valence-electron chi connectivity index (χ3n) is 2.62. The van der Waals surface area contributed by atoms with Crippen LogP contribution < -0.4 is 9.47 Å². The van der Waals surface area contributed by atoms with Gasteiger partial charge in [0.05, 0.1) is 0 Å². The summed E-state index contributed by atoms with van der Waals surface area (Å²) in [5, 5.41) is 0. The zero-order chi connectivity index (χ0) is 10.7. The number of aldehydes is 1. The van der Waals surface area contributed by atoms with Gasteiger partial charge < -0.3 is 14.3 Å². The van der Waals surface area contributed by atoms with Gasteiger partial charge >= 0.3 is 0 Å². The highest BCUT2D eigenvalue weighted by Crippen LogP contribution is 2.38. The predicted octanol–water partition coefficient (Wildman–Crippen LogP) is 2.11. The van der Waals surface area contributed by atoms with E-state index in [0.29, 0.717) is 13.2 Å². The summed E-state index contributed by atoms with van der Waals surface area (Å²) in [5.41, 5.74) is 2.36. The van der Waals surface area contributed by atoms with Gasteiger partial charge in [0.25, 0.3) is 0 Å². The second-order valence-corrected chi connectivity index (χ2v) is 3.50. The first kappa shape index (κ1) is 10.0. The SMILES string of the molecule is CCc1c(CCC=O)ccc2c1OCO2. The van der Waals surface area contributed by atoms with Crippen LogP contribution in [0.1, 0.15) is 24.5 Å². The summed E-state index contributed by atoms with van der Waals surface area (Å²) in [6.45, 7) is 2.39. The Morgan fingerprint density at radius 1 is 1.40 bits per heavy atom. The lowest BCUT2D eigenvalue weighted by Crippen LogP contribution is -1.97. The summed E-state index contributed by atoms with van der Waals surface area (Å²) >= 11 is 0. The molecule has 0 aliphatic carbocycles. The maximum absolute atomic E-state index is 10.4. The Labute approximate surface area is 89.0 Å². The number of carbonyl (C=O) groups excluding carboxylic acids is 1. The summed E-state index contributed by atoms with van der Waals surface area (Å²) < 4.78 is 10.7. The van der Waals surface area contributed by atoms with E-state index in [1.807, 2.05) is 12.1 Å². The van der Waals surface area contributed by atoms with Gasteiger partial charge in [0.15, 0.2) is 11.5 Å². The van der Waals surface area contributed by atoms with E-state index < -0.39 is 0 Å². The first-order valence-electron chi connectivity index (χ1n) is 5.20. The number of benzene rings is 1. The molecule has 3 nitrogen and oxygen atoms in total. The van der Waals surface area contributed by atoms with Crippen LogP contribution in [0.15, 0.2) is 12.1 Å². The molecular formula is C12H14O3. The van der Waals surface area contributed by atoms with Crippen molar-refractivity contribution in [2.75, 3.05) is 6.79 Å². The van der Waals surface area contributed by atoms with Crippen molar-refractivity contribution in [1.82, 2.24) is 0 Å². The molecule has 1 heterocycles. The van der Waals surface area contributed by atoms with E-state index in [1.165, 1.54) is 11.1 Å². The Hall–Kier alpha value is -1.51. The van der Waals surface area contributed by atoms with Crippen LogP contribution in [0.5, 0.6) is 11.5 Å². The van der Waals surface area contributed by atoms with Crippen molar-refractivity contribution >= 4 is 6.29 Å². The van der Waals surface area contributed by atoms with Gasteiger partial charge in [-0.1, -0.05) is 13.0 Å². The lowest BCUT2D eigenvalue weighted by atomic mass is 10.00. The van der Waals surface area contributed by atoms with E-state index in [9.17, 15) is 4.79 Å². The fourth-order valence-corrected chi connectivity index (χ4v) is 1.91. The Morgan fingerprint density at radius 2 is 2.27 bits per heavy atom. The van der Waals surface area contributed by atoms with Crippen LogP contribution in [0.4, 0.5) is 0 Å². The molecule has 3 heteroatoms. The van der Waals surface area contributed by atoms with Gasteiger partial charge in [-0.3, -0.25) is 0 Å². The van der Waals surface area contributed by atoms with Gasteiger partial charge in [0.1, 0.15) is 6.29 Å². The monoisotopic (exact) mass is 206 g/mol. The van der Waals surface area contributed by atoms with Gasteiger partial charge in [0.2, 0.25) is 6.79 Å². The first-order valence-corrected chi connectivity index (χ1v) is 5.20. The molecule has 0 aromatic heterocycles. The Bertz CT molecular complexity index is 371. The van der Waals surface area contributed by atoms with Crippen molar-refractivity contribution in [3.05, 3.63) is 23.3 Å². The number of hydrogen-bond acceptors (Lipinski definition) is 3. The van der Waals surface area contributed by atoms with Crippen molar-refractivity contribution in [2.45, 2.75) is 26.2 Å². The quantitative estimate of drug-likeness (QED) is 0.708. The van der Waals surface area contributed by atoms with Crippen LogP contribution in [0.2, 0.25) is 0 Å². The normalized spacial score (nSPS) is 12.9. The molecule has 0 spiro atoms. The fourth-order valence-electron chi connectivity index (χ4n) is 1.91. The minimum Gasteiger partial charge on any atom is -0.454 e. The number of carbonyl (C=O) groups is 1. The highest BCUT2D eigenvalue weighted by Gasteiger charge is 2.19. The van der Waals surface area contributed by atoms with E-state index in [-0.39, 0.29) is 0 Å². The van der Waals surface area contributed by atoms with E-state index >= 15 is 0 Å². The largest absolute Gasteiger partial charge is 0.454 e. The molecule has 1 aliphatic heterocycles. The molecule has 0 saturated heterocycles. The van der Waals surface area contributed by atoms with E-state index in [1.54, 1.807) is 0 Å². The van der Waals surface area contributed by atoms with Gasteiger partial charge in [-0.15, -0.1) is 0 Å². The Balaban J connectivity index is 2.34. The molecule has 80 valence electrons. The van der Waals surface area contributed by atoms with Crippen molar-refractivity contribution in [3.8, 4) is 11.5 Å². The summed E-state index contributed by atoms with van der Waals surface area (Å²) in [5.74, 6) is 1.68. The Morgan fingerprint density at radius 3 is 3.00 bits per heavy atom. The highest BCUT2D eigenvalue weighted by atomic mass is 16.7. The molecule has 0 amide bonds. The molecule has 0 unspecified atom stereocenters. The molecule has 0 fully saturated rings. The average Bonchev–Trinajstić information content (AvgIpc) is 2.73. The lowest BCUT2D eigenvalue weighted by molar-refractivity contribution is -0.107. The van der Waals surface area contributed by atoms with Crippen LogP contribution >= 0.6 is 0 Å². The molecule has 2 rings (SSSR count). The zero-order valence-electron chi connectivity index (χ0n) is 8.79. The zero-order valence-corrected chi connectivity index (χ0v) is 8.79. The highest BCUT2D eigenvalue weighted by molar-refractivity contribution is 5.54. The van der Waals surface area contributed by atoms with Gasteiger partial charge in [0, 0.05) is 12.0 Å². The van der Waals surface area contributed by atoms with Gasteiger partial charge in [-0.05, 0) is 24.5 Å². The van der Waals surface area contributed by atoms with Gasteiger partial charge in [-0.25, -0.2) is 0 Å². The molecule has 0 radical (unpaired) electrons. The molecular weight excluding hydrogens is 192 g/mol. The molecule has 15 heavy (non-hydrogen) atoms. The molecule has 1 aromatic carbocycles. The van der Waals surface area contributed by atoms with Crippen LogP contribution in [0.3, 0.4) is 0 Å². The number of hydrogen-bond donors (Lipinski definition) is 0. The van der Waals surface area contributed by atoms with Crippen molar-refractivity contribution in [2.24, 2.45) is 0 Å². The third-order valence-corrected chi connectivity index (χ3v) is 2.62. The van der Waals surface area contributed by atoms with Crippen LogP contribution in [0, 0.1) is 0 Å². The summed E-state index contributed by atoms with van der Waals surface area (Å²) in [7, 11) is 0. The molecule has 0 saturated carbocycles. The van der Waals surface area contributed by atoms with E-state index in [0.717, 1.165) is 30.6 Å². The second-order valence-electron chi connectivity index (χ2n) is 3.50. The average molecular weight is 206 g/mol. The summed E-state index contributed by atoms with van der Waals surface area (Å²) in [4.78, 5) is 10.4. The van der Waals surface area contributed by atoms with Crippen LogP contribution in [0.25, 0.3) is 0 Å². The number of aryl methyl sites for hydroxylation is 1. The molecule has 0 atom stereocenters. The molecule has 1 aliphatic rings. The van der Waals surface area contributed by atoms with Crippen molar-refractivity contribution < 1.29 is 14.3 Å². The standard InChI is InChI=1S/C12H14O3/c1-2-10-9(4-3-7-13)5-6-11-12(10)15-8-14-11/h5-7H,2-4,8H2,1H3. The fraction of sp³-hybridized carbons (Fsp3) is 0.417. The second kappa shape index (κ2) is 4.34. The predicted molar refractivity (Wildman–Crippen MR) is 56.3 cm³/mol. The first-order chi connectivity index (χ1) is 7.36. The third kappa shape index (κ3) is 1.82. The van der Waals surface area contributed by atoms with Gasteiger partial charge in [-0.2, -0.15) is 0 Å². The maximum Gasteiger partial charge on any atom is 0.231 e. The van der Waals surface area contributed by atoms with E-state index in [4.69, 9.17) is 9.47 Å². The minimum atomic E-state index is 0.305. The Kier molecular flexibility index (Phi) is 2.90. The van der Waals surface area contributed by atoms with Crippen molar-refractivity contribution in [1.29, 1.82) is 0 Å². The molecule has 0 N–H and O–H groups in total. The van der Waals surface area contributed by atoms with Crippen LogP contribution in [-0.2, 0) is 17.6 Å². The van der Waals surface area contributed by atoms with E-state index in [2.05, 4.69) is 6.92 Å². The number of rotatable bonds is 4. The van der Waals surface area contributed by atoms with Crippen molar-refractivity contribution in [3.63, 3.8) is 0 Å². The number of ether oxygens (including phenoxy) is 2. The minimum absolute atomic E-state index is 0.305. The maximum atomic E-state index is 10.4. The summed E-state index contributed by atoms with van der Waals surface area (Å²) in [6, 6.07) is 3.94. The molecule has 1 aromatic rings. The summed E-state index contributed by atoms with van der Waals surface area (Å²) in [6.07, 6.45) is 3.20. The molecule has 0 bridgehead atoms. The smallest absolute Gasteiger partial charge is 0.231 e. The topological polar surface area (TPSA) is 35.5 Å². The number of fused-ring (bicyclic) bond motifs is 1. The lowest BCUT2D eigenvalue weighted by Gasteiger charge is -2.09. The van der Waals surface area contributed by atoms with Crippen LogP contribution in [-0.4, -0.2) is 13.1 Å².